The summed E-state index contributed by atoms with van der Waals surface area (Å²) in [7, 11) is 0. The van der Waals surface area contributed by atoms with E-state index in [4.69, 9.17) is 0 Å². The highest BCUT2D eigenvalue weighted by molar-refractivity contribution is 5.20. The Labute approximate surface area is 159 Å². The fraction of sp³-hybridized carbons (Fsp3) is 0.520. The van der Waals surface area contributed by atoms with Gasteiger partial charge in [0.2, 0.25) is 0 Å². The summed E-state index contributed by atoms with van der Waals surface area (Å²) >= 11 is 0. The van der Waals surface area contributed by atoms with Crippen LogP contribution in [0.2, 0.25) is 0 Å². The largest absolute Gasteiger partial charge is 0.388 e. The molecular weight excluding hydrogens is 316 g/mol. The predicted molar refractivity (Wildman–Crippen MR) is 110 cm³/mol. The van der Waals surface area contributed by atoms with Crippen molar-refractivity contribution < 1.29 is 5.11 Å². The Morgan fingerprint density at radius 3 is 1.58 bits per heavy atom. The van der Waals surface area contributed by atoms with Gasteiger partial charge >= 0.3 is 0 Å². The van der Waals surface area contributed by atoms with Gasteiger partial charge in [-0.3, -0.25) is 0 Å². The highest BCUT2D eigenvalue weighted by atomic mass is 16.3. The second-order valence-electron chi connectivity index (χ2n) is 8.14. The van der Waals surface area contributed by atoms with Gasteiger partial charge in [0, 0.05) is 0 Å². The Kier molecular flexibility index (Phi) is 7.32. The zero-order valence-corrected chi connectivity index (χ0v) is 16.2. The van der Waals surface area contributed by atoms with E-state index >= 15 is 0 Å². The molecule has 1 nitrogen and oxygen atoms in total. The van der Waals surface area contributed by atoms with E-state index in [2.05, 4.69) is 37.3 Å². The smallest absolute Gasteiger partial charge is 0.0818 e. The molecule has 0 heterocycles. The summed E-state index contributed by atoms with van der Waals surface area (Å²) < 4.78 is 0. The van der Waals surface area contributed by atoms with Gasteiger partial charge in [0.25, 0.3) is 0 Å². The average molecular weight is 351 g/mol. The zero-order valence-electron chi connectivity index (χ0n) is 16.2. The Bertz CT molecular complexity index is 552. The Morgan fingerprint density at radius 2 is 1.08 bits per heavy atom. The molecule has 2 aliphatic rings. The van der Waals surface area contributed by atoms with E-state index in [0.29, 0.717) is 5.92 Å². The molecule has 0 saturated heterocycles. The SMILES string of the molecule is C[C@H](c1ccccc1)C1CCCC1.O[C@@H](c1ccccc1)C1CCCC1. The third-order valence-corrected chi connectivity index (χ3v) is 6.42. The zero-order chi connectivity index (χ0) is 18.2. The molecule has 2 fully saturated rings. The van der Waals surface area contributed by atoms with Crippen LogP contribution in [-0.4, -0.2) is 5.11 Å². The molecule has 1 heteroatoms. The Balaban J connectivity index is 0.000000151. The minimum Gasteiger partial charge on any atom is -0.388 e. The van der Waals surface area contributed by atoms with Gasteiger partial charge in [-0.1, -0.05) is 93.3 Å². The van der Waals surface area contributed by atoms with E-state index in [9.17, 15) is 5.11 Å². The van der Waals surface area contributed by atoms with Gasteiger partial charge in [0.15, 0.2) is 0 Å². The number of benzene rings is 2. The maximum Gasteiger partial charge on any atom is 0.0818 e. The molecule has 0 aromatic heterocycles. The van der Waals surface area contributed by atoms with Crippen LogP contribution in [0.25, 0.3) is 0 Å². The summed E-state index contributed by atoms with van der Waals surface area (Å²) in [5.74, 6) is 2.22. The molecule has 2 aliphatic carbocycles. The third-order valence-electron chi connectivity index (χ3n) is 6.42. The molecule has 26 heavy (non-hydrogen) atoms. The normalized spacial score (nSPS) is 20.4. The van der Waals surface area contributed by atoms with Crippen LogP contribution in [0, 0.1) is 11.8 Å². The molecule has 0 bridgehead atoms. The first-order chi connectivity index (χ1) is 12.8. The third kappa shape index (κ3) is 5.20. The first-order valence-corrected chi connectivity index (χ1v) is 10.5. The fourth-order valence-electron chi connectivity index (χ4n) is 4.68. The first kappa shape index (κ1) is 19.2. The molecule has 0 unspecified atom stereocenters. The lowest BCUT2D eigenvalue weighted by Gasteiger charge is -2.18. The molecule has 0 aliphatic heterocycles. The summed E-state index contributed by atoms with van der Waals surface area (Å²) in [6.07, 6.45) is 10.5. The van der Waals surface area contributed by atoms with E-state index in [1.165, 1.54) is 56.9 Å². The van der Waals surface area contributed by atoms with Crippen LogP contribution in [0.15, 0.2) is 60.7 Å². The van der Waals surface area contributed by atoms with Crippen LogP contribution in [0.3, 0.4) is 0 Å². The van der Waals surface area contributed by atoms with Gasteiger partial charge in [-0.2, -0.15) is 0 Å². The lowest BCUT2D eigenvalue weighted by atomic mass is 9.87. The van der Waals surface area contributed by atoms with Crippen LogP contribution in [-0.2, 0) is 0 Å². The fourth-order valence-corrected chi connectivity index (χ4v) is 4.68. The molecule has 2 atom stereocenters. The summed E-state index contributed by atoms with van der Waals surface area (Å²) in [5.41, 5.74) is 2.60. The molecular formula is C25H34O. The van der Waals surface area contributed by atoms with Gasteiger partial charge < -0.3 is 5.11 Å². The van der Waals surface area contributed by atoms with Gasteiger partial charge in [0.1, 0.15) is 0 Å². The number of hydrogen-bond donors (Lipinski definition) is 1. The molecule has 0 radical (unpaired) electrons. The highest BCUT2D eigenvalue weighted by Crippen LogP contribution is 2.37. The molecule has 140 valence electrons. The highest BCUT2D eigenvalue weighted by Gasteiger charge is 2.24. The molecule has 2 aromatic carbocycles. The van der Waals surface area contributed by atoms with E-state index in [-0.39, 0.29) is 6.10 Å². The molecule has 4 rings (SSSR count). The first-order valence-electron chi connectivity index (χ1n) is 10.5. The number of rotatable bonds is 4. The molecule has 0 amide bonds. The quantitative estimate of drug-likeness (QED) is 0.636. The van der Waals surface area contributed by atoms with Crippen LogP contribution in [0.4, 0.5) is 0 Å². The van der Waals surface area contributed by atoms with Crippen LogP contribution < -0.4 is 0 Å². The Hall–Kier alpha value is -1.60. The number of aliphatic hydroxyl groups excluding tert-OH is 1. The van der Waals surface area contributed by atoms with Gasteiger partial charge in [-0.15, -0.1) is 0 Å². The molecule has 2 saturated carbocycles. The van der Waals surface area contributed by atoms with Crippen molar-refractivity contribution in [3.63, 3.8) is 0 Å². The van der Waals surface area contributed by atoms with E-state index in [0.717, 1.165) is 17.4 Å². The topological polar surface area (TPSA) is 20.2 Å². The second kappa shape index (κ2) is 9.92. The van der Waals surface area contributed by atoms with Crippen molar-refractivity contribution in [1.29, 1.82) is 0 Å². The van der Waals surface area contributed by atoms with Crippen molar-refractivity contribution in [2.45, 2.75) is 70.3 Å². The van der Waals surface area contributed by atoms with Crippen LogP contribution in [0.1, 0.15) is 81.4 Å². The summed E-state index contributed by atoms with van der Waals surface area (Å²) in [5, 5.41) is 10.0. The predicted octanol–water partition coefficient (Wildman–Crippen LogP) is 6.89. The lowest BCUT2D eigenvalue weighted by Crippen LogP contribution is -2.08. The number of aliphatic hydroxyl groups is 1. The Morgan fingerprint density at radius 1 is 0.654 bits per heavy atom. The van der Waals surface area contributed by atoms with Crippen molar-refractivity contribution >= 4 is 0 Å². The minimum atomic E-state index is -0.233. The number of hydrogen-bond acceptors (Lipinski definition) is 1. The lowest BCUT2D eigenvalue weighted by molar-refractivity contribution is 0.111. The molecule has 0 spiro atoms. The van der Waals surface area contributed by atoms with Crippen molar-refractivity contribution in [3.05, 3.63) is 71.8 Å². The second-order valence-corrected chi connectivity index (χ2v) is 8.14. The summed E-state index contributed by atoms with van der Waals surface area (Å²) in [6, 6.07) is 21.0. The van der Waals surface area contributed by atoms with Crippen molar-refractivity contribution in [2.24, 2.45) is 11.8 Å². The average Bonchev–Trinajstić information content (AvgIpc) is 3.43. The molecule has 1 N–H and O–H groups in total. The standard InChI is InChI=1S/C13H18.C12H16O/c1-11(13-9-5-6-10-13)12-7-3-2-4-8-12;13-12(11-8-4-5-9-11)10-6-2-1-3-7-10/h2-4,7-8,11,13H,5-6,9-10H2,1H3;1-3,6-7,11-13H,4-5,8-9H2/t11-;12-/m10/s1. The molecule has 2 aromatic rings. The van der Waals surface area contributed by atoms with E-state index < -0.39 is 0 Å². The maximum atomic E-state index is 10.0. The minimum absolute atomic E-state index is 0.233. The van der Waals surface area contributed by atoms with Crippen molar-refractivity contribution in [1.82, 2.24) is 0 Å². The van der Waals surface area contributed by atoms with Crippen molar-refractivity contribution in [3.8, 4) is 0 Å². The van der Waals surface area contributed by atoms with Crippen LogP contribution in [0.5, 0.6) is 0 Å². The van der Waals surface area contributed by atoms with E-state index in [1.807, 2.05) is 30.3 Å². The van der Waals surface area contributed by atoms with Crippen LogP contribution >= 0.6 is 0 Å². The maximum absolute atomic E-state index is 10.0. The van der Waals surface area contributed by atoms with E-state index in [1.54, 1.807) is 0 Å². The van der Waals surface area contributed by atoms with Gasteiger partial charge in [0.05, 0.1) is 6.10 Å². The summed E-state index contributed by atoms with van der Waals surface area (Å²) in [6.45, 7) is 2.38. The van der Waals surface area contributed by atoms with Crippen molar-refractivity contribution in [2.75, 3.05) is 0 Å². The monoisotopic (exact) mass is 350 g/mol. The van der Waals surface area contributed by atoms with Gasteiger partial charge in [-0.25, -0.2) is 0 Å². The van der Waals surface area contributed by atoms with Gasteiger partial charge in [-0.05, 0) is 54.6 Å². The summed E-state index contributed by atoms with van der Waals surface area (Å²) in [4.78, 5) is 0.